The number of ether oxygens (including phenoxy) is 1. The van der Waals surface area contributed by atoms with Gasteiger partial charge in [-0.25, -0.2) is 0 Å². The van der Waals surface area contributed by atoms with Crippen LogP contribution in [-0.2, 0) is 20.1 Å². The average molecular weight is 968 g/mol. The largest absolute Gasteiger partial charge is 0.501 e. The number of furan rings is 1. The van der Waals surface area contributed by atoms with E-state index in [4.69, 9.17) is 14.1 Å². The number of hydrogen-bond donors (Lipinski definition) is 0. The second-order valence-electron chi connectivity index (χ2n) is 15.1. The average Bonchev–Trinajstić information content (AvgIpc) is 3.59. The van der Waals surface area contributed by atoms with Crippen molar-refractivity contribution >= 4 is 50.4 Å². The van der Waals surface area contributed by atoms with Crippen molar-refractivity contribution < 1.29 is 29.3 Å². The van der Waals surface area contributed by atoms with Crippen LogP contribution >= 0.6 is 0 Å². The summed E-state index contributed by atoms with van der Waals surface area (Å²) >= 11 is -1.82. The number of pyridine rings is 2. The number of benzene rings is 6. The van der Waals surface area contributed by atoms with Gasteiger partial charge in [0.25, 0.3) is 0 Å². The molecule has 0 amide bonds. The van der Waals surface area contributed by atoms with Gasteiger partial charge in [0.1, 0.15) is 5.58 Å². The van der Waals surface area contributed by atoms with Gasteiger partial charge in [-0.15, -0.1) is 18.2 Å². The number of aryl methyl sites for hydroxylation is 2. The van der Waals surface area contributed by atoms with Crippen LogP contribution < -0.4 is 9.13 Å². The molecule has 0 N–H and O–H groups in total. The van der Waals surface area contributed by atoms with Crippen molar-refractivity contribution in [3.05, 3.63) is 169 Å². The van der Waals surface area contributed by atoms with E-state index in [2.05, 4.69) is 151 Å². The van der Waals surface area contributed by atoms with Crippen molar-refractivity contribution in [3.63, 3.8) is 0 Å². The molecule has 9 aromatic rings. The molecule has 9 rings (SSSR count). The normalized spacial score (nSPS) is 11.2. The van der Waals surface area contributed by atoms with Gasteiger partial charge in [-0.3, -0.25) is 0 Å². The molecule has 279 valence electrons. The number of methoxy groups -OCH3 is 1. The molecular formula is C50H42GeIrN2O2-2. The molecule has 0 aliphatic carbocycles. The molecule has 6 aromatic carbocycles. The minimum Gasteiger partial charge on any atom is -0.501 e. The molecule has 0 aliphatic heterocycles. The minimum absolute atomic E-state index is 0. The Balaban J connectivity index is 0.000000205. The fourth-order valence-corrected chi connectivity index (χ4v) is 10.9. The van der Waals surface area contributed by atoms with Crippen LogP contribution in [0.2, 0.25) is 17.3 Å². The maximum absolute atomic E-state index is 6.49. The predicted molar refractivity (Wildman–Crippen MR) is 232 cm³/mol. The smallest absolute Gasteiger partial charge is 0.121 e. The first-order chi connectivity index (χ1) is 26.6. The molecule has 3 aromatic heterocycles. The maximum Gasteiger partial charge on any atom is 0.121 e. The Hall–Kier alpha value is -5.33. The first-order valence-electron chi connectivity index (χ1n) is 18.6. The summed E-state index contributed by atoms with van der Waals surface area (Å²) in [6, 6.07) is 52.7. The van der Waals surface area contributed by atoms with E-state index in [1.54, 1.807) is 7.11 Å². The SMILES string of the molecule is COc1cc[c-]c(-c2cc(C)[c]([Ge]([CH3])([CH3])[CH3])cn2)c1.Cc1cc(-c2ccccc2)cc(-c2ccc3c(c2)oc2c(-c4cc5ccccc5cn4)[c-]ccc23)c1.[Ir]. The van der Waals surface area contributed by atoms with Crippen LogP contribution in [0.15, 0.2) is 150 Å². The van der Waals surface area contributed by atoms with Gasteiger partial charge in [-0.1, -0.05) is 95.9 Å². The van der Waals surface area contributed by atoms with E-state index in [9.17, 15) is 0 Å². The Morgan fingerprint density at radius 3 is 2.07 bits per heavy atom. The van der Waals surface area contributed by atoms with Crippen molar-refractivity contribution in [1.82, 2.24) is 9.97 Å². The van der Waals surface area contributed by atoms with Crippen LogP contribution in [-0.4, -0.2) is 30.3 Å². The second kappa shape index (κ2) is 16.4. The van der Waals surface area contributed by atoms with E-state index in [-0.39, 0.29) is 20.1 Å². The number of fused-ring (bicyclic) bond motifs is 4. The van der Waals surface area contributed by atoms with Gasteiger partial charge < -0.3 is 9.40 Å². The van der Waals surface area contributed by atoms with Gasteiger partial charge >= 0.3 is 118 Å². The topological polar surface area (TPSA) is 48.2 Å². The Morgan fingerprint density at radius 1 is 0.607 bits per heavy atom. The van der Waals surface area contributed by atoms with Gasteiger partial charge in [0.15, 0.2) is 0 Å². The fraction of sp³-hybridized carbons (Fsp3) is 0.120. The summed E-state index contributed by atoms with van der Waals surface area (Å²) in [6.07, 6.45) is 3.97. The van der Waals surface area contributed by atoms with E-state index >= 15 is 0 Å². The molecule has 4 nitrogen and oxygen atoms in total. The third-order valence-electron chi connectivity index (χ3n) is 10.0. The van der Waals surface area contributed by atoms with Gasteiger partial charge in [0, 0.05) is 31.7 Å². The quantitative estimate of drug-likeness (QED) is 0.123. The van der Waals surface area contributed by atoms with E-state index in [0.29, 0.717) is 0 Å². The molecule has 56 heavy (non-hydrogen) atoms. The first-order valence-corrected chi connectivity index (χ1v) is 25.9. The first kappa shape index (κ1) is 38.9. The number of hydrogen-bond acceptors (Lipinski definition) is 4. The summed E-state index contributed by atoms with van der Waals surface area (Å²) in [5.41, 5.74) is 12.7. The molecule has 0 aliphatic rings. The predicted octanol–water partition coefficient (Wildman–Crippen LogP) is 12.7. The van der Waals surface area contributed by atoms with E-state index in [1.165, 1.54) is 32.2 Å². The number of rotatable bonds is 6. The van der Waals surface area contributed by atoms with Crippen LogP contribution in [0.5, 0.6) is 5.75 Å². The maximum atomic E-state index is 6.49. The van der Waals surface area contributed by atoms with Crippen LogP contribution in [0.4, 0.5) is 0 Å². The van der Waals surface area contributed by atoms with Gasteiger partial charge in [0.2, 0.25) is 0 Å². The van der Waals surface area contributed by atoms with Crippen molar-refractivity contribution in [2.24, 2.45) is 0 Å². The van der Waals surface area contributed by atoms with E-state index in [0.717, 1.165) is 66.5 Å². The Kier molecular flexibility index (Phi) is 11.4. The molecule has 0 saturated carbocycles. The Bertz CT molecular complexity index is 2820. The zero-order valence-corrected chi connectivity index (χ0v) is 36.9. The standard InChI is InChI=1S/C34H22NO.C16H20GeNO.Ir/c1-22-16-27(23-8-3-2-4-9-23)18-28(17-22)25-14-15-29-30-12-7-13-31(34(30)36-33(29)20-25)32-19-24-10-5-6-11-26(24)21-35-32;1-12-9-16(18-11-15(12)17(2,3)4)13-7-6-8-14(10-13)19-5;/h2-12,14-21H,1H3;6,8-11H,1-5H3;/q2*-1;. The Labute approximate surface area is 345 Å². The van der Waals surface area contributed by atoms with Crippen LogP contribution in [0.1, 0.15) is 11.1 Å². The van der Waals surface area contributed by atoms with Gasteiger partial charge in [0.05, 0.1) is 5.58 Å². The van der Waals surface area contributed by atoms with Crippen molar-refractivity contribution in [2.45, 2.75) is 31.1 Å². The molecule has 3 heterocycles. The van der Waals surface area contributed by atoms with Crippen LogP contribution in [0.25, 0.3) is 77.5 Å². The molecule has 0 unspecified atom stereocenters. The van der Waals surface area contributed by atoms with Crippen LogP contribution in [0, 0.1) is 26.0 Å². The fourth-order valence-electron chi connectivity index (χ4n) is 7.29. The van der Waals surface area contributed by atoms with Crippen molar-refractivity contribution in [3.8, 4) is 50.5 Å². The monoisotopic (exact) mass is 969 g/mol. The van der Waals surface area contributed by atoms with E-state index in [1.807, 2.05) is 42.6 Å². The molecule has 0 saturated heterocycles. The summed E-state index contributed by atoms with van der Waals surface area (Å²) in [6.45, 7) is 4.32. The molecule has 0 bridgehead atoms. The van der Waals surface area contributed by atoms with E-state index < -0.39 is 13.3 Å². The summed E-state index contributed by atoms with van der Waals surface area (Å²) in [4.78, 5) is 9.33. The molecule has 0 fully saturated rings. The van der Waals surface area contributed by atoms with Crippen LogP contribution in [0.3, 0.4) is 0 Å². The summed E-state index contributed by atoms with van der Waals surface area (Å²) < 4.78 is 13.2. The number of nitrogens with zero attached hydrogens (tertiary/aromatic N) is 2. The molecule has 1 radical (unpaired) electrons. The summed E-state index contributed by atoms with van der Waals surface area (Å²) in [7, 11) is 1.67. The van der Waals surface area contributed by atoms with Crippen molar-refractivity contribution in [2.75, 3.05) is 7.11 Å². The zero-order chi connectivity index (χ0) is 38.1. The third-order valence-corrected chi connectivity index (χ3v) is 14.5. The minimum atomic E-state index is -1.82. The molecular weight excluding hydrogens is 925 g/mol. The van der Waals surface area contributed by atoms with Gasteiger partial charge in [-0.2, -0.15) is 0 Å². The zero-order valence-electron chi connectivity index (χ0n) is 32.4. The molecule has 0 spiro atoms. The molecule has 6 heteroatoms. The summed E-state index contributed by atoms with van der Waals surface area (Å²) in [5, 5.41) is 4.45. The Morgan fingerprint density at radius 2 is 1.32 bits per heavy atom. The van der Waals surface area contributed by atoms with Crippen molar-refractivity contribution in [1.29, 1.82) is 0 Å². The number of aromatic nitrogens is 2. The third kappa shape index (κ3) is 8.13. The molecule has 0 atom stereocenters. The van der Waals surface area contributed by atoms with Gasteiger partial charge in [-0.05, 0) is 63.3 Å². The second-order valence-corrected chi connectivity index (χ2v) is 25.6. The summed E-state index contributed by atoms with van der Waals surface area (Å²) in [5.74, 6) is 8.01.